The zero-order valence-corrected chi connectivity index (χ0v) is 12.5. The lowest BCUT2D eigenvalue weighted by molar-refractivity contribution is -0.133. The minimum absolute atomic E-state index is 0.0496. The molecule has 1 aliphatic carbocycles. The molecule has 1 N–H and O–H groups in total. The van der Waals surface area contributed by atoms with E-state index in [-0.39, 0.29) is 12.3 Å². The normalized spacial score (nSPS) is 14.8. The molecule has 23 heavy (non-hydrogen) atoms. The molecule has 0 bridgehead atoms. The van der Waals surface area contributed by atoms with Crippen LogP contribution in [0.1, 0.15) is 19.3 Å². The zero-order chi connectivity index (χ0) is 16.9. The van der Waals surface area contributed by atoms with E-state index < -0.39 is 18.4 Å². The molecule has 0 aromatic heterocycles. The maximum absolute atomic E-state index is 13.8. The number of benzene rings is 1. The number of nitrogens with one attached hydrogen (secondary N) is 1. The Balaban J connectivity index is 1.96. The zero-order valence-electron chi connectivity index (χ0n) is 12.5. The highest BCUT2D eigenvalue weighted by Gasteiger charge is 2.26. The van der Waals surface area contributed by atoms with Crippen LogP contribution in [0.5, 0.6) is 11.5 Å². The molecule has 0 aliphatic heterocycles. The molecule has 0 atom stereocenters. The first kappa shape index (κ1) is 17.2. The molecular weight excluding hydrogens is 314 g/mol. The second-order valence-electron chi connectivity index (χ2n) is 5.00. The summed E-state index contributed by atoms with van der Waals surface area (Å²) in [6.45, 7) is -0.212. The third-order valence-corrected chi connectivity index (χ3v) is 3.19. The maximum Gasteiger partial charge on any atom is 0.390 e. The molecule has 0 radical (unpaired) electrons. The number of halogens is 4. The molecule has 7 heteroatoms. The molecule has 1 aliphatic rings. The van der Waals surface area contributed by atoms with E-state index >= 15 is 0 Å². The summed E-state index contributed by atoms with van der Waals surface area (Å²) in [7, 11) is 1.43. The van der Waals surface area contributed by atoms with Crippen LogP contribution in [0.3, 0.4) is 0 Å². The first-order valence-corrected chi connectivity index (χ1v) is 7.10. The molecule has 0 spiro atoms. The molecule has 0 saturated heterocycles. The fourth-order valence-corrected chi connectivity index (χ4v) is 2.06. The van der Waals surface area contributed by atoms with Gasteiger partial charge in [-0.2, -0.15) is 13.2 Å². The van der Waals surface area contributed by atoms with Gasteiger partial charge in [0.25, 0.3) is 0 Å². The number of hydrogen-bond acceptors (Lipinski definition) is 3. The molecular formula is C16H17F4NO2. The van der Waals surface area contributed by atoms with Crippen LogP contribution in [0.4, 0.5) is 17.6 Å². The van der Waals surface area contributed by atoms with Crippen LogP contribution in [0, 0.1) is 5.82 Å². The van der Waals surface area contributed by atoms with Gasteiger partial charge in [-0.3, -0.25) is 0 Å². The van der Waals surface area contributed by atoms with E-state index in [4.69, 9.17) is 9.47 Å². The van der Waals surface area contributed by atoms with Gasteiger partial charge in [-0.25, -0.2) is 4.39 Å². The van der Waals surface area contributed by atoms with E-state index in [1.165, 1.54) is 19.2 Å². The Hall–Kier alpha value is -2.18. The fraction of sp³-hybridized carbons (Fsp3) is 0.375. The molecule has 1 aromatic rings. The van der Waals surface area contributed by atoms with Crippen molar-refractivity contribution in [2.75, 3.05) is 13.7 Å². The summed E-state index contributed by atoms with van der Waals surface area (Å²) < 4.78 is 60.6. The number of allylic oxidation sites excluding steroid dienone is 3. The van der Waals surface area contributed by atoms with Gasteiger partial charge < -0.3 is 14.8 Å². The standard InChI is InChI=1S/C16H17F4NO2/c1-22-12-5-6-15(14(17)10-12)23-13-4-2-3-11(9-13)21-8-7-16(18,19)20/h3,5-6,9-10,21H,2,4,7-8H2,1H3. The summed E-state index contributed by atoms with van der Waals surface area (Å²) in [6, 6.07) is 4.22. The topological polar surface area (TPSA) is 30.5 Å². The Labute approximate surface area is 131 Å². The number of hydrogen-bond donors (Lipinski definition) is 1. The van der Waals surface area contributed by atoms with Gasteiger partial charge in [-0.05, 0) is 24.6 Å². The first-order chi connectivity index (χ1) is 10.9. The summed E-state index contributed by atoms with van der Waals surface area (Å²) in [6.07, 6.45) is -0.579. The predicted octanol–water partition coefficient (Wildman–Crippen LogP) is 4.32. The highest BCUT2D eigenvalue weighted by Crippen LogP contribution is 2.27. The number of rotatable bonds is 6. The van der Waals surface area contributed by atoms with Crippen molar-refractivity contribution in [3.05, 3.63) is 47.6 Å². The Morgan fingerprint density at radius 3 is 2.70 bits per heavy atom. The van der Waals surface area contributed by atoms with Crippen molar-refractivity contribution in [2.24, 2.45) is 0 Å². The van der Waals surface area contributed by atoms with Crippen LogP contribution in [0.15, 0.2) is 41.8 Å². The Morgan fingerprint density at radius 2 is 2.04 bits per heavy atom. The third kappa shape index (κ3) is 5.50. The average molecular weight is 331 g/mol. The van der Waals surface area contributed by atoms with Crippen molar-refractivity contribution in [3.63, 3.8) is 0 Å². The van der Waals surface area contributed by atoms with Crippen molar-refractivity contribution >= 4 is 0 Å². The second-order valence-corrected chi connectivity index (χ2v) is 5.00. The quantitative estimate of drug-likeness (QED) is 0.788. The van der Waals surface area contributed by atoms with E-state index in [9.17, 15) is 17.6 Å². The van der Waals surface area contributed by atoms with Crippen LogP contribution in [0.25, 0.3) is 0 Å². The maximum atomic E-state index is 13.8. The van der Waals surface area contributed by atoms with Gasteiger partial charge in [0.1, 0.15) is 11.5 Å². The molecule has 3 nitrogen and oxygen atoms in total. The van der Waals surface area contributed by atoms with Crippen LogP contribution < -0.4 is 14.8 Å². The minimum Gasteiger partial charge on any atom is -0.497 e. The molecule has 1 aromatic carbocycles. The molecule has 0 saturated carbocycles. The van der Waals surface area contributed by atoms with E-state index in [1.54, 1.807) is 18.2 Å². The monoisotopic (exact) mass is 331 g/mol. The SMILES string of the molecule is COc1ccc(OC2=CC(NCCC(F)(F)F)=CCC2)c(F)c1. The largest absolute Gasteiger partial charge is 0.497 e. The Bertz CT molecular complexity index is 609. The summed E-state index contributed by atoms with van der Waals surface area (Å²) in [4.78, 5) is 0. The van der Waals surface area contributed by atoms with Gasteiger partial charge in [0.05, 0.1) is 13.5 Å². The van der Waals surface area contributed by atoms with Gasteiger partial charge in [0.15, 0.2) is 11.6 Å². The molecule has 126 valence electrons. The lowest BCUT2D eigenvalue weighted by Crippen LogP contribution is -2.21. The van der Waals surface area contributed by atoms with Gasteiger partial charge in [-0.15, -0.1) is 0 Å². The number of ether oxygens (including phenoxy) is 2. The van der Waals surface area contributed by atoms with E-state index in [1.807, 2.05) is 0 Å². The Morgan fingerprint density at radius 1 is 1.26 bits per heavy atom. The summed E-state index contributed by atoms with van der Waals surface area (Å²) >= 11 is 0. The highest BCUT2D eigenvalue weighted by molar-refractivity contribution is 5.35. The molecule has 0 amide bonds. The van der Waals surface area contributed by atoms with Gasteiger partial charge >= 0.3 is 6.18 Å². The van der Waals surface area contributed by atoms with Crippen LogP contribution in [-0.4, -0.2) is 19.8 Å². The van der Waals surface area contributed by atoms with Crippen molar-refractivity contribution in [1.29, 1.82) is 0 Å². The van der Waals surface area contributed by atoms with Crippen LogP contribution >= 0.6 is 0 Å². The Kier molecular flexibility index (Phi) is 5.52. The lowest BCUT2D eigenvalue weighted by Gasteiger charge is -2.17. The highest BCUT2D eigenvalue weighted by atomic mass is 19.4. The van der Waals surface area contributed by atoms with Crippen LogP contribution in [0.2, 0.25) is 0 Å². The summed E-state index contributed by atoms with van der Waals surface area (Å²) in [5.41, 5.74) is 0.546. The molecule has 0 fully saturated rings. The lowest BCUT2D eigenvalue weighted by atomic mass is 10.1. The van der Waals surface area contributed by atoms with Crippen molar-refractivity contribution < 1.29 is 27.0 Å². The first-order valence-electron chi connectivity index (χ1n) is 7.10. The predicted molar refractivity (Wildman–Crippen MR) is 77.7 cm³/mol. The minimum atomic E-state index is -4.20. The van der Waals surface area contributed by atoms with Crippen LogP contribution in [-0.2, 0) is 0 Å². The molecule has 0 unspecified atom stereocenters. The fourth-order valence-electron chi connectivity index (χ4n) is 2.06. The van der Waals surface area contributed by atoms with E-state index in [0.717, 1.165) is 0 Å². The second kappa shape index (κ2) is 7.39. The van der Waals surface area contributed by atoms with Crippen molar-refractivity contribution in [2.45, 2.75) is 25.4 Å². The third-order valence-electron chi connectivity index (χ3n) is 3.19. The number of methoxy groups -OCH3 is 1. The molecule has 2 rings (SSSR count). The van der Waals surface area contributed by atoms with Crippen molar-refractivity contribution in [3.8, 4) is 11.5 Å². The van der Waals surface area contributed by atoms with Gasteiger partial charge in [0.2, 0.25) is 0 Å². The van der Waals surface area contributed by atoms with E-state index in [0.29, 0.717) is 30.0 Å². The average Bonchev–Trinajstić information content (AvgIpc) is 2.48. The van der Waals surface area contributed by atoms with E-state index in [2.05, 4.69) is 5.32 Å². The number of alkyl halides is 3. The summed E-state index contributed by atoms with van der Waals surface area (Å²) in [5.74, 6) is 0.355. The van der Waals surface area contributed by atoms with Crippen molar-refractivity contribution in [1.82, 2.24) is 5.32 Å². The van der Waals surface area contributed by atoms with Gasteiger partial charge in [0, 0.05) is 24.7 Å². The van der Waals surface area contributed by atoms with Gasteiger partial charge in [-0.1, -0.05) is 6.08 Å². The molecule has 0 heterocycles. The smallest absolute Gasteiger partial charge is 0.390 e. The summed E-state index contributed by atoms with van der Waals surface area (Å²) in [5, 5.41) is 2.70.